The predicted octanol–water partition coefficient (Wildman–Crippen LogP) is 2.22. The van der Waals surface area contributed by atoms with Crippen LogP contribution in [0.2, 0.25) is 0 Å². The number of aryl methyl sites for hydroxylation is 1. The Balaban J connectivity index is 1.99. The van der Waals surface area contributed by atoms with Gasteiger partial charge in [0.2, 0.25) is 5.91 Å². The molecule has 1 N–H and O–H groups in total. The van der Waals surface area contributed by atoms with Gasteiger partial charge >= 0.3 is 0 Å². The van der Waals surface area contributed by atoms with E-state index in [4.69, 9.17) is 0 Å². The van der Waals surface area contributed by atoms with Crippen LogP contribution in [0, 0.1) is 6.92 Å². The van der Waals surface area contributed by atoms with E-state index in [-0.39, 0.29) is 11.9 Å². The number of hydrogen-bond acceptors (Lipinski definition) is 2. The Hall–Kier alpha value is -2.07. The van der Waals surface area contributed by atoms with E-state index in [1.807, 2.05) is 68.6 Å². The number of likely N-dealkylation sites (N-methyl/N-ethyl adjacent to an activating group) is 1. The van der Waals surface area contributed by atoms with E-state index in [0.717, 1.165) is 12.1 Å². The number of benzene rings is 1. The largest absolute Gasteiger partial charge is 0.353 e. The van der Waals surface area contributed by atoms with Gasteiger partial charge in [-0.3, -0.25) is 9.69 Å². The first kappa shape index (κ1) is 15.3. The SMILES string of the molecule is Cc1cccc(C(C(=O)NCCn2cccc2)N(C)C)c1. The second-order valence-corrected chi connectivity index (χ2v) is 5.49. The number of carbonyl (C=O) groups is 1. The fourth-order valence-corrected chi connectivity index (χ4v) is 2.45. The lowest BCUT2D eigenvalue weighted by Crippen LogP contribution is -2.38. The lowest BCUT2D eigenvalue weighted by atomic mass is 10.0. The van der Waals surface area contributed by atoms with Crippen molar-refractivity contribution in [2.75, 3.05) is 20.6 Å². The van der Waals surface area contributed by atoms with Crippen LogP contribution in [0.1, 0.15) is 17.2 Å². The van der Waals surface area contributed by atoms with Crippen LogP contribution < -0.4 is 5.32 Å². The van der Waals surface area contributed by atoms with E-state index in [2.05, 4.69) is 16.0 Å². The summed E-state index contributed by atoms with van der Waals surface area (Å²) in [5, 5.41) is 3.02. The standard InChI is InChI=1S/C17H23N3O/c1-14-7-6-8-15(13-14)16(19(2)3)17(21)18-9-12-20-10-4-5-11-20/h4-8,10-11,13,16H,9,12H2,1-3H3,(H,18,21). The second kappa shape index (κ2) is 7.09. The molecular weight excluding hydrogens is 262 g/mol. The number of hydrogen-bond donors (Lipinski definition) is 1. The van der Waals surface area contributed by atoms with Crippen molar-refractivity contribution in [2.45, 2.75) is 19.5 Å². The van der Waals surface area contributed by atoms with Crippen molar-refractivity contribution in [1.82, 2.24) is 14.8 Å². The van der Waals surface area contributed by atoms with Crippen LogP contribution in [-0.4, -0.2) is 36.0 Å². The molecule has 0 spiro atoms. The van der Waals surface area contributed by atoms with Gasteiger partial charge in [0.25, 0.3) is 0 Å². The molecule has 0 aliphatic heterocycles. The molecule has 0 bridgehead atoms. The maximum atomic E-state index is 12.5. The first-order valence-corrected chi connectivity index (χ1v) is 7.19. The third-order valence-corrected chi connectivity index (χ3v) is 3.46. The fraction of sp³-hybridized carbons (Fsp3) is 0.353. The molecule has 1 atom stereocenters. The first-order valence-electron chi connectivity index (χ1n) is 7.19. The molecule has 0 radical (unpaired) electrons. The van der Waals surface area contributed by atoms with Gasteiger partial charge in [-0.25, -0.2) is 0 Å². The van der Waals surface area contributed by atoms with E-state index in [1.54, 1.807) is 0 Å². The molecule has 112 valence electrons. The molecule has 1 aromatic heterocycles. The highest BCUT2D eigenvalue weighted by Gasteiger charge is 2.22. The van der Waals surface area contributed by atoms with Crippen molar-refractivity contribution >= 4 is 5.91 Å². The number of nitrogens with one attached hydrogen (secondary N) is 1. The van der Waals surface area contributed by atoms with Gasteiger partial charge in [-0.1, -0.05) is 29.8 Å². The van der Waals surface area contributed by atoms with Crippen LogP contribution in [-0.2, 0) is 11.3 Å². The van der Waals surface area contributed by atoms with Crippen molar-refractivity contribution in [3.63, 3.8) is 0 Å². The quantitative estimate of drug-likeness (QED) is 0.883. The van der Waals surface area contributed by atoms with Crippen LogP contribution >= 0.6 is 0 Å². The van der Waals surface area contributed by atoms with E-state index < -0.39 is 0 Å². The summed E-state index contributed by atoms with van der Waals surface area (Å²) in [6.07, 6.45) is 3.99. The minimum Gasteiger partial charge on any atom is -0.353 e. The summed E-state index contributed by atoms with van der Waals surface area (Å²) in [6.45, 7) is 3.45. The average molecular weight is 285 g/mol. The monoisotopic (exact) mass is 285 g/mol. The summed E-state index contributed by atoms with van der Waals surface area (Å²) in [7, 11) is 3.86. The van der Waals surface area contributed by atoms with E-state index in [1.165, 1.54) is 5.56 Å². The Morgan fingerprint density at radius 1 is 1.24 bits per heavy atom. The minimum atomic E-state index is -0.255. The summed E-state index contributed by atoms with van der Waals surface area (Å²) in [4.78, 5) is 14.4. The minimum absolute atomic E-state index is 0.0396. The molecule has 2 rings (SSSR count). The van der Waals surface area contributed by atoms with Gasteiger partial charge in [0, 0.05) is 25.5 Å². The maximum Gasteiger partial charge on any atom is 0.242 e. The predicted molar refractivity (Wildman–Crippen MR) is 85.0 cm³/mol. The Morgan fingerprint density at radius 2 is 1.95 bits per heavy atom. The topological polar surface area (TPSA) is 37.3 Å². The molecular formula is C17H23N3O. The lowest BCUT2D eigenvalue weighted by molar-refractivity contribution is -0.125. The third kappa shape index (κ3) is 4.20. The molecule has 0 aliphatic carbocycles. The molecule has 1 heterocycles. The number of nitrogens with zero attached hydrogens (tertiary/aromatic N) is 2. The molecule has 0 aliphatic rings. The smallest absolute Gasteiger partial charge is 0.242 e. The number of rotatable bonds is 6. The molecule has 1 aromatic carbocycles. The van der Waals surface area contributed by atoms with Gasteiger partial charge in [0.05, 0.1) is 0 Å². The van der Waals surface area contributed by atoms with Crippen LogP contribution in [0.4, 0.5) is 0 Å². The molecule has 0 fully saturated rings. The highest BCUT2D eigenvalue weighted by atomic mass is 16.2. The molecule has 4 heteroatoms. The highest BCUT2D eigenvalue weighted by Crippen LogP contribution is 2.19. The molecule has 4 nitrogen and oxygen atoms in total. The lowest BCUT2D eigenvalue weighted by Gasteiger charge is -2.24. The van der Waals surface area contributed by atoms with Gasteiger partial charge in [0.1, 0.15) is 6.04 Å². The van der Waals surface area contributed by atoms with Crippen LogP contribution in [0.3, 0.4) is 0 Å². The summed E-state index contributed by atoms with van der Waals surface area (Å²) in [5.74, 6) is 0.0396. The second-order valence-electron chi connectivity index (χ2n) is 5.49. The molecule has 1 unspecified atom stereocenters. The molecule has 0 saturated carbocycles. The van der Waals surface area contributed by atoms with E-state index in [9.17, 15) is 4.79 Å². The Bertz CT molecular complexity index is 575. The molecule has 2 aromatic rings. The van der Waals surface area contributed by atoms with Crippen molar-refractivity contribution in [1.29, 1.82) is 0 Å². The summed E-state index contributed by atoms with van der Waals surface area (Å²) in [6, 6.07) is 11.8. The molecule has 1 amide bonds. The third-order valence-electron chi connectivity index (χ3n) is 3.46. The van der Waals surface area contributed by atoms with Gasteiger partial charge < -0.3 is 9.88 Å². The average Bonchev–Trinajstić information content (AvgIpc) is 2.91. The van der Waals surface area contributed by atoms with E-state index in [0.29, 0.717) is 6.54 Å². The Morgan fingerprint density at radius 3 is 2.57 bits per heavy atom. The normalized spacial score (nSPS) is 12.4. The zero-order valence-corrected chi connectivity index (χ0v) is 12.9. The zero-order chi connectivity index (χ0) is 15.2. The summed E-state index contributed by atoms with van der Waals surface area (Å²) < 4.78 is 2.05. The summed E-state index contributed by atoms with van der Waals surface area (Å²) >= 11 is 0. The Labute approximate surface area is 126 Å². The van der Waals surface area contributed by atoms with Gasteiger partial charge in [0.15, 0.2) is 0 Å². The van der Waals surface area contributed by atoms with Crippen LogP contribution in [0.15, 0.2) is 48.8 Å². The molecule has 21 heavy (non-hydrogen) atoms. The highest BCUT2D eigenvalue weighted by molar-refractivity contribution is 5.83. The van der Waals surface area contributed by atoms with Crippen LogP contribution in [0.5, 0.6) is 0 Å². The maximum absolute atomic E-state index is 12.5. The number of carbonyl (C=O) groups excluding carboxylic acids is 1. The number of amides is 1. The molecule has 0 saturated heterocycles. The van der Waals surface area contributed by atoms with Gasteiger partial charge in [-0.15, -0.1) is 0 Å². The summed E-state index contributed by atoms with van der Waals surface area (Å²) in [5.41, 5.74) is 2.19. The fourth-order valence-electron chi connectivity index (χ4n) is 2.45. The first-order chi connectivity index (χ1) is 10.1. The Kier molecular flexibility index (Phi) is 5.17. The zero-order valence-electron chi connectivity index (χ0n) is 12.9. The van der Waals surface area contributed by atoms with Gasteiger partial charge in [-0.05, 0) is 38.7 Å². The van der Waals surface area contributed by atoms with Crippen molar-refractivity contribution in [2.24, 2.45) is 0 Å². The van der Waals surface area contributed by atoms with Crippen molar-refractivity contribution in [3.8, 4) is 0 Å². The van der Waals surface area contributed by atoms with Crippen molar-refractivity contribution < 1.29 is 4.79 Å². The van der Waals surface area contributed by atoms with Crippen molar-refractivity contribution in [3.05, 3.63) is 59.9 Å². The van der Waals surface area contributed by atoms with Gasteiger partial charge in [-0.2, -0.15) is 0 Å². The number of aromatic nitrogens is 1. The van der Waals surface area contributed by atoms with E-state index >= 15 is 0 Å². The van der Waals surface area contributed by atoms with Crippen LogP contribution in [0.25, 0.3) is 0 Å².